The maximum absolute atomic E-state index is 4.66. The molecule has 0 radical (unpaired) electrons. The van der Waals surface area contributed by atoms with Gasteiger partial charge in [0, 0.05) is 27.2 Å². The number of nitrogens with zero attached hydrogens (tertiary/aromatic N) is 5. The van der Waals surface area contributed by atoms with Gasteiger partial charge in [0.05, 0.1) is 0 Å². The van der Waals surface area contributed by atoms with Gasteiger partial charge in [0.1, 0.15) is 12.4 Å². The Morgan fingerprint density at radius 1 is 1.35 bits per heavy atom. The second kappa shape index (κ2) is 12.3. The lowest BCUT2D eigenvalue weighted by atomic mass is 10.2. The number of guanidine groups is 1. The molecular formula is C16H31IN6. The van der Waals surface area contributed by atoms with E-state index < -0.39 is 0 Å². The van der Waals surface area contributed by atoms with Crippen LogP contribution in [-0.2, 0) is 13.6 Å². The van der Waals surface area contributed by atoms with Gasteiger partial charge < -0.3 is 14.8 Å². The summed E-state index contributed by atoms with van der Waals surface area (Å²) in [7, 11) is 4.05. The number of aliphatic imine (C=N–C) groups is 1. The second-order valence-corrected chi connectivity index (χ2v) is 5.45. The SMILES string of the molecule is C=CCCCCCN(C)C(=NCc1nnc(C)n1C)NCC.I. The molecule has 0 fully saturated rings. The Morgan fingerprint density at radius 3 is 2.65 bits per heavy atom. The van der Waals surface area contributed by atoms with Crippen molar-refractivity contribution in [2.75, 3.05) is 20.1 Å². The summed E-state index contributed by atoms with van der Waals surface area (Å²) in [6.45, 7) is 10.2. The largest absolute Gasteiger partial charge is 0.357 e. The lowest BCUT2D eigenvalue weighted by Crippen LogP contribution is -2.39. The first-order chi connectivity index (χ1) is 10.6. The summed E-state index contributed by atoms with van der Waals surface area (Å²) in [6.07, 6.45) is 6.68. The first-order valence-electron chi connectivity index (χ1n) is 8.05. The number of rotatable bonds is 9. The zero-order valence-electron chi connectivity index (χ0n) is 14.9. The number of halogens is 1. The van der Waals surface area contributed by atoms with Gasteiger partial charge in [-0.15, -0.1) is 40.8 Å². The van der Waals surface area contributed by atoms with Crippen LogP contribution in [0.5, 0.6) is 0 Å². The van der Waals surface area contributed by atoms with Crippen LogP contribution in [0, 0.1) is 6.92 Å². The molecule has 0 spiro atoms. The van der Waals surface area contributed by atoms with Crippen molar-refractivity contribution in [2.45, 2.75) is 46.1 Å². The third-order valence-corrected chi connectivity index (χ3v) is 3.65. The van der Waals surface area contributed by atoms with Crippen LogP contribution in [-0.4, -0.2) is 45.8 Å². The fourth-order valence-electron chi connectivity index (χ4n) is 2.12. The summed E-state index contributed by atoms with van der Waals surface area (Å²) in [5.41, 5.74) is 0. The first-order valence-corrected chi connectivity index (χ1v) is 8.05. The lowest BCUT2D eigenvalue weighted by molar-refractivity contribution is 0.454. The number of nitrogens with one attached hydrogen (secondary N) is 1. The van der Waals surface area contributed by atoms with E-state index >= 15 is 0 Å². The molecule has 0 aromatic carbocycles. The monoisotopic (exact) mass is 434 g/mol. The second-order valence-electron chi connectivity index (χ2n) is 5.45. The van der Waals surface area contributed by atoms with Crippen molar-refractivity contribution < 1.29 is 0 Å². The van der Waals surface area contributed by atoms with Crippen molar-refractivity contribution >= 4 is 29.9 Å². The van der Waals surface area contributed by atoms with E-state index in [0.29, 0.717) is 6.54 Å². The van der Waals surface area contributed by atoms with E-state index in [9.17, 15) is 0 Å². The van der Waals surface area contributed by atoms with Gasteiger partial charge in [0.15, 0.2) is 11.8 Å². The Balaban J connectivity index is 0.00000484. The molecular weight excluding hydrogens is 403 g/mol. The number of hydrogen-bond acceptors (Lipinski definition) is 3. The van der Waals surface area contributed by atoms with E-state index in [2.05, 4.69) is 46.0 Å². The van der Waals surface area contributed by atoms with E-state index in [0.717, 1.165) is 43.5 Å². The number of hydrogen-bond donors (Lipinski definition) is 1. The molecule has 7 heteroatoms. The Hall–Kier alpha value is -1.12. The Labute approximate surface area is 157 Å². The number of allylic oxidation sites excluding steroid dienone is 1. The smallest absolute Gasteiger partial charge is 0.194 e. The van der Waals surface area contributed by atoms with Crippen molar-refractivity contribution in [1.29, 1.82) is 0 Å². The van der Waals surface area contributed by atoms with Crippen LogP contribution in [0.1, 0.15) is 44.3 Å². The maximum atomic E-state index is 4.66. The quantitative estimate of drug-likeness (QED) is 0.214. The van der Waals surface area contributed by atoms with E-state index in [1.54, 1.807) is 0 Å². The molecule has 23 heavy (non-hydrogen) atoms. The average Bonchev–Trinajstić information content (AvgIpc) is 2.82. The van der Waals surface area contributed by atoms with Crippen LogP contribution < -0.4 is 5.32 Å². The lowest BCUT2D eigenvalue weighted by Gasteiger charge is -2.22. The predicted octanol–water partition coefficient (Wildman–Crippen LogP) is 2.89. The highest BCUT2D eigenvalue weighted by Crippen LogP contribution is 2.03. The Kier molecular flexibility index (Phi) is 11.7. The van der Waals surface area contributed by atoms with Crippen molar-refractivity contribution in [2.24, 2.45) is 12.0 Å². The van der Waals surface area contributed by atoms with Gasteiger partial charge in [0.25, 0.3) is 0 Å². The molecule has 0 amide bonds. The van der Waals surface area contributed by atoms with Crippen LogP contribution in [0.3, 0.4) is 0 Å². The molecule has 0 bridgehead atoms. The number of unbranched alkanes of at least 4 members (excludes halogenated alkanes) is 3. The van der Waals surface area contributed by atoms with Crippen molar-refractivity contribution in [3.8, 4) is 0 Å². The normalized spacial score (nSPS) is 11.0. The zero-order valence-corrected chi connectivity index (χ0v) is 17.2. The molecule has 0 unspecified atom stereocenters. The van der Waals surface area contributed by atoms with Gasteiger partial charge in [-0.05, 0) is 33.1 Å². The van der Waals surface area contributed by atoms with E-state index in [4.69, 9.17) is 0 Å². The Bertz CT molecular complexity index is 483. The van der Waals surface area contributed by atoms with Crippen molar-refractivity contribution in [1.82, 2.24) is 25.0 Å². The van der Waals surface area contributed by atoms with Gasteiger partial charge in [-0.1, -0.05) is 12.5 Å². The van der Waals surface area contributed by atoms with Crippen molar-refractivity contribution in [3.05, 3.63) is 24.3 Å². The summed E-state index contributed by atoms with van der Waals surface area (Å²) >= 11 is 0. The van der Waals surface area contributed by atoms with Crippen LogP contribution in [0.15, 0.2) is 17.6 Å². The maximum Gasteiger partial charge on any atom is 0.194 e. The zero-order chi connectivity index (χ0) is 16.4. The molecule has 0 aliphatic rings. The van der Waals surface area contributed by atoms with Gasteiger partial charge >= 0.3 is 0 Å². The average molecular weight is 434 g/mol. The summed E-state index contributed by atoms with van der Waals surface area (Å²) in [6, 6.07) is 0. The number of aryl methyl sites for hydroxylation is 1. The molecule has 6 nitrogen and oxygen atoms in total. The summed E-state index contributed by atoms with van der Waals surface area (Å²) in [5.74, 6) is 2.71. The fourth-order valence-corrected chi connectivity index (χ4v) is 2.12. The third-order valence-electron chi connectivity index (χ3n) is 3.65. The topological polar surface area (TPSA) is 58.3 Å². The van der Waals surface area contributed by atoms with E-state index in [1.807, 2.05) is 24.6 Å². The van der Waals surface area contributed by atoms with Crippen LogP contribution in [0.25, 0.3) is 0 Å². The highest BCUT2D eigenvalue weighted by atomic mass is 127. The van der Waals surface area contributed by atoms with Crippen LogP contribution in [0.4, 0.5) is 0 Å². The molecule has 1 rings (SSSR count). The summed E-state index contributed by atoms with van der Waals surface area (Å²) in [5, 5.41) is 11.6. The minimum Gasteiger partial charge on any atom is -0.357 e. The van der Waals surface area contributed by atoms with E-state index in [-0.39, 0.29) is 24.0 Å². The molecule has 0 atom stereocenters. The highest BCUT2D eigenvalue weighted by Gasteiger charge is 2.08. The van der Waals surface area contributed by atoms with Gasteiger partial charge in [-0.3, -0.25) is 0 Å². The molecule has 0 saturated heterocycles. The number of aromatic nitrogens is 3. The van der Waals surface area contributed by atoms with Crippen molar-refractivity contribution in [3.63, 3.8) is 0 Å². The molecule has 0 aliphatic heterocycles. The van der Waals surface area contributed by atoms with Crippen LogP contribution in [0.2, 0.25) is 0 Å². The highest BCUT2D eigenvalue weighted by molar-refractivity contribution is 14.0. The Morgan fingerprint density at radius 2 is 2.09 bits per heavy atom. The minimum absolute atomic E-state index is 0. The molecule has 132 valence electrons. The standard InChI is InChI=1S/C16H30N6.HI/c1-6-8-9-10-11-12-21(4)16(17-7-2)18-13-15-20-19-14(3)22(15)5;/h6H,1,7-13H2,2-5H3,(H,17,18);1H. The van der Waals surface area contributed by atoms with Gasteiger partial charge in [-0.2, -0.15) is 0 Å². The minimum atomic E-state index is 0. The van der Waals surface area contributed by atoms with E-state index in [1.165, 1.54) is 12.8 Å². The molecule has 1 aromatic rings. The summed E-state index contributed by atoms with van der Waals surface area (Å²) in [4.78, 5) is 6.85. The third kappa shape index (κ3) is 7.81. The van der Waals surface area contributed by atoms with Gasteiger partial charge in [0.2, 0.25) is 0 Å². The van der Waals surface area contributed by atoms with Crippen LogP contribution >= 0.6 is 24.0 Å². The summed E-state index contributed by atoms with van der Waals surface area (Å²) < 4.78 is 1.97. The first kappa shape index (κ1) is 21.9. The molecule has 1 N–H and O–H groups in total. The predicted molar refractivity (Wildman–Crippen MR) is 107 cm³/mol. The van der Waals surface area contributed by atoms with Gasteiger partial charge in [-0.25, -0.2) is 4.99 Å². The molecule has 1 heterocycles. The molecule has 0 saturated carbocycles. The molecule has 0 aliphatic carbocycles. The molecule has 1 aromatic heterocycles. The fraction of sp³-hybridized carbons (Fsp3) is 0.688.